The molecule has 0 spiro atoms. The summed E-state index contributed by atoms with van der Waals surface area (Å²) in [5.41, 5.74) is 10.7. The monoisotopic (exact) mass is 530 g/mol. The largest absolute Gasteiger partial charge is 0.496 e. The maximum Gasteiger partial charge on any atom is 0.258 e. The highest BCUT2D eigenvalue weighted by Gasteiger charge is 2.52. The number of fused-ring (bicyclic) bond motifs is 1. The van der Waals surface area contributed by atoms with Crippen molar-refractivity contribution in [3.05, 3.63) is 47.5 Å². The third-order valence-electron chi connectivity index (χ3n) is 9.95. The highest BCUT2D eigenvalue weighted by Crippen LogP contribution is 2.62. The Bertz CT molecular complexity index is 1350. The van der Waals surface area contributed by atoms with Gasteiger partial charge in [0.2, 0.25) is 5.82 Å². The first kappa shape index (κ1) is 25.1. The highest BCUT2D eigenvalue weighted by molar-refractivity contribution is 5.68. The van der Waals surface area contributed by atoms with Crippen molar-refractivity contribution in [2.45, 2.75) is 55.9 Å². The number of benzene rings is 2. The van der Waals surface area contributed by atoms with Crippen molar-refractivity contribution in [1.82, 2.24) is 10.1 Å². The molecule has 8 nitrogen and oxygen atoms in total. The Kier molecular flexibility index (Phi) is 5.99. The van der Waals surface area contributed by atoms with Crippen LogP contribution in [0.25, 0.3) is 22.8 Å². The summed E-state index contributed by atoms with van der Waals surface area (Å²) in [4.78, 5) is 6.93. The van der Waals surface area contributed by atoms with Crippen LogP contribution in [0.15, 0.2) is 40.9 Å². The third-order valence-corrected chi connectivity index (χ3v) is 9.95. The van der Waals surface area contributed by atoms with Gasteiger partial charge >= 0.3 is 0 Å². The van der Waals surface area contributed by atoms with Gasteiger partial charge < -0.3 is 30.1 Å². The Balaban J connectivity index is 1.16. The first-order valence-corrected chi connectivity index (χ1v) is 14.3. The summed E-state index contributed by atoms with van der Waals surface area (Å²) in [6, 6.07) is 12.5. The van der Waals surface area contributed by atoms with Crippen LogP contribution in [-0.4, -0.2) is 59.3 Å². The van der Waals surface area contributed by atoms with E-state index in [0.717, 1.165) is 53.3 Å². The minimum absolute atomic E-state index is 0.206. The number of anilines is 1. The SMILES string of the molecule is COc1ccc(-c2nc(-c3ccc4c(c3)CCN4CC(N)(CO)CO)no2)cc1C12CC3CC(CC(C3)C1)C2. The average Bonchev–Trinajstić information content (AvgIpc) is 3.59. The fraction of sp³-hybridized carbons (Fsp3) is 0.548. The van der Waals surface area contributed by atoms with E-state index >= 15 is 0 Å². The van der Waals surface area contributed by atoms with Gasteiger partial charge in [-0.25, -0.2) is 0 Å². The van der Waals surface area contributed by atoms with E-state index in [2.05, 4.69) is 28.3 Å². The summed E-state index contributed by atoms with van der Waals surface area (Å²) in [5.74, 6) is 4.63. The van der Waals surface area contributed by atoms with Crippen LogP contribution in [0, 0.1) is 17.8 Å². The van der Waals surface area contributed by atoms with E-state index < -0.39 is 5.54 Å². The lowest BCUT2D eigenvalue weighted by atomic mass is 9.48. The van der Waals surface area contributed by atoms with Crippen molar-refractivity contribution in [3.8, 4) is 28.6 Å². The van der Waals surface area contributed by atoms with E-state index in [4.69, 9.17) is 20.0 Å². The van der Waals surface area contributed by atoms with Gasteiger partial charge in [-0.05, 0) is 110 Å². The topological polar surface area (TPSA) is 118 Å². The van der Waals surface area contributed by atoms with Crippen LogP contribution >= 0.6 is 0 Å². The summed E-state index contributed by atoms with van der Waals surface area (Å²) >= 11 is 0. The zero-order valence-electron chi connectivity index (χ0n) is 22.6. The molecule has 2 aromatic carbocycles. The summed E-state index contributed by atoms with van der Waals surface area (Å²) in [6.07, 6.45) is 8.87. The van der Waals surface area contributed by atoms with Crippen LogP contribution in [0.2, 0.25) is 0 Å². The van der Waals surface area contributed by atoms with Gasteiger partial charge in [0, 0.05) is 35.5 Å². The van der Waals surface area contributed by atoms with Gasteiger partial charge in [-0.2, -0.15) is 4.98 Å². The Hall–Kier alpha value is -2.94. The average molecular weight is 531 g/mol. The Morgan fingerprint density at radius 2 is 1.72 bits per heavy atom. The minimum Gasteiger partial charge on any atom is -0.496 e. The maximum atomic E-state index is 9.61. The molecule has 4 saturated carbocycles. The molecule has 8 heteroatoms. The van der Waals surface area contributed by atoms with Crippen LogP contribution in [0.4, 0.5) is 5.69 Å². The molecule has 5 aliphatic rings. The zero-order chi connectivity index (χ0) is 26.8. The van der Waals surface area contributed by atoms with Crippen molar-refractivity contribution >= 4 is 5.69 Å². The lowest BCUT2D eigenvalue weighted by molar-refractivity contribution is -0.00613. The molecule has 2 heterocycles. The van der Waals surface area contributed by atoms with E-state index in [1.807, 2.05) is 18.2 Å². The van der Waals surface area contributed by atoms with Gasteiger partial charge in [-0.1, -0.05) is 5.16 Å². The number of methoxy groups -OCH3 is 1. The summed E-state index contributed by atoms with van der Waals surface area (Å²) in [7, 11) is 1.78. The molecular weight excluding hydrogens is 492 g/mol. The van der Waals surface area contributed by atoms with Crippen LogP contribution in [0.1, 0.15) is 49.7 Å². The second-order valence-electron chi connectivity index (χ2n) is 12.7. The Morgan fingerprint density at radius 3 is 2.38 bits per heavy atom. The van der Waals surface area contributed by atoms with Crippen molar-refractivity contribution in [2.24, 2.45) is 23.5 Å². The number of rotatable bonds is 8. The molecule has 0 unspecified atom stereocenters. The van der Waals surface area contributed by atoms with Crippen molar-refractivity contribution in [2.75, 3.05) is 38.3 Å². The molecule has 39 heavy (non-hydrogen) atoms. The lowest BCUT2D eigenvalue weighted by Crippen LogP contribution is -2.55. The molecule has 3 aromatic rings. The first-order chi connectivity index (χ1) is 18.9. The van der Waals surface area contributed by atoms with E-state index in [1.165, 1.54) is 49.7 Å². The first-order valence-electron chi connectivity index (χ1n) is 14.3. The molecule has 0 atom stereocenters. The number of nitrogens with zero attached hydrogens (tertiary/aromatic N) is 3. The van der Waals surface area contributed by atoms with Gasteiger partial charge in [0.15, 0.2) is 0 Å². The van der Waals surface area contributed by atoms with Crippen LogP contribution in [0.3, 0.4) is 0 Å². The molecule has 4 fully saturated rings. The standard InChI is InChI=1S/C31H38N4O4/c1-38-27-5-3-24(12-25(27)30-13-19-8-20(14-30)10-21(9-19)15-30)29-33-28(34-39-29)23-2-4-26-22(11-23)6-7-35(26)16-31(32,17-36)18-37/h2-5,11-12,19-21,36-37H,6-10,13-18,32H2,1H3. The van der Waals surface area contributed by atoms with E-state index in [9.17, 15) is 10.2 Å². The Morgan fingerprint density at radius 1 is 1.03 bits per heavy atom. The summed E-state index contributed by atoms with van der Waals surface area (Å²) in [6.45, 7) is 0.639. The number of aromatic nitrogens is 2. The molecule has 0 saturated heterocycles. The number of aliphatic hydroxyl groups excluding tert-OH is 2. The smallest absolute Gasteiger partial charge is 0.258 e. The number of hydrogen-bond acceptors (Lipinski definition) is 8. The van der Waals surface area contributed by atoms with Crippen molar-refractivity contribution in [3.63, 3.8) is 0 Å². The predicted octanol–water partition coefficient (Wildman–Crippen LogP) is 3.92. The number of nitrogens with two attached hydrogens (primary N) is 1. The van der Waals surface area contributed by atoms with Crippen molar-refractivity contribution < 1.29 is 19.5 Å². The van der Waals surface area contributed by atoms with Crippen LogP contribution in [0.5, 0.6) is 5.75 Å². The minimum atomic E-state index is -1.03. The van der Waals surface area contributed by atoms with Gasteiger partial charge in [-0.3, -0.25) is 0 Å². The third kappa shape index (κ3) is 4.24. The van der Waals surface area contributed by atoms with E-state index in [1.54, 1.807) is 7.11 Å². The molecule has 0 radical (unpaired) electrons. The van der Waals surface area contributed by atoms with Gasteiger partial charge in [-0.15, -0.1) is 0 Å². The quantitative estimate of drug-likeness (QED) is 0.401. The van der Waals surface area contributed by atoms with Crippen molar-refractivity contribution in [1.29, 1.82) is 0 Å². The normalized spacial score (nSPS) is 27.3. The number of aliphatic hydroxyl groups is 2. The van der Waals surface area contributed by atoms with Crippen LogP contribution in [-0.2, 0) is 11.8 Å². The molecule has 0 amide bonds. The lowest BCUT2D eigenvalue weighted by Gasteiger charge is -2.57. The fourth-order valence-corrected chi connectivity index (χ4v) is 8.46. The van der Waals surface area contributed by atoms with Gasteiger partial charge in [0.25, 0.3) is 5.89 Å². The molecule has 4 N–H and O–H groups in total. The molecular formula is C31H38N4O4. The molecule has 4 aliphatic carbocycles. The number of hydrogen-bond donors (Lipinski definition) is 3. The maximum absolute atomic E-state index is 9.61. The second kappa shape index (κ2) is 9.32. The van der Waals surface area contributed by atoms with Gasteiger partial charge in [0.05, 0.1) is 25.9 Å². The molecule has 1 aliphatic heterocycles. The Labute approximate surface area is 229 Å². The summed E-state index contributed by atoms with van der Waals surface area (Å²) in [5, 5.41) is 23.6. The molecule has 206 valence electrons. The van der Waals surface area contributed by atoms with E-state index in [-0.39, 0.29) is 18.6 Å². The molecule has 4 bridgehead atoms. The molecule has 1 aromatic heterocycles. The van der Waals surface area contributed by atoms with E-state index in [0.29, 0.717) is 18.3 Å². The fourth-order valence-electron chi connectivity index (χ4n) is 8.46. The summed E-state index contributed by atoms with van der Waals surface area (Å²) < 4.78 is 11.7. The zero-order valence-corrected chi connectivity index (χ0v) is 22.6. The van der Waals surface area contributed by atoms with Gasteiger partial charge in [0.1, 0.15) is 5.75 Å². The van der Waals surface area contributed by atoms with Crippen LogP contribution < -0.4 is 15.4 Å². The number of ether oxygens (including phenoxy) is 1. The molecule has 8 rings (SSSR count). The second-order valence-corrected chi connectivity index (χ2v) is 12.7. The predicted molar refractivity (Wildman–Crippen MR) is 149 cm³/mol. The highest BCUT2D eigenvalue weighted by atomic mass is 16.5.